The molecule has 3 heteroatoms. The summed E-state index contributed by atoms with van der Waals surface area (Å²) in [7, 11) is 0. The van der Waals surface area contributed by atoms with Gasteiger partial charge in [0.05, 0.1) is 11.1 Å². The number of aromatic nitrogens is 1. The number of rotatable bonds is 14. The minimum Gasteiger partial charge on any atom is -0.300 e. The third kappa shape index (κ3) is 12.2. The molecule has 6 aromatic carbocycles. The molecule has 2 aliphatic carbocycles. The lowest BCUT2D eigenvalue weighted by atomic mass is 9.69. The van der Waals surface area contributed by atoms with Gasteiger partial charge in [-0.1, -0.05) is 244 Å². The fourth-order valence-corrected chi connectivity index (χ4v) is 10.1. The van der Waals surface area contributed by atoms with Gasteiger partial charge in [-0.3, -0.25) is 9.98 Å². The molecule has 1 aromatic heterocycles. The Kier molecular flexibility index (Phi) is 22.1. The van der Waals surface area contributed by atoms with Crippen LogP contribution in [0.1, 0.15) is 102 Å². The zero-order valence-electron chi connectivity index (χ0n) is 46.6. The van der Waals surface area contributed by atoms with Gasteiger partial charge in [-0.05, 0) is 157 Å². The van der Waals surface area contributed by atoms with Gasteiger partial charge in [0.25, 0.3) is 0 Å². The number of nitrogens with zero attached hydrogens (tertiary/aromatic N) is 2. The van der Waals surface area contributed by atoms with Crippen LogP contribution in [0.3, 0.4) is 0 Å². The molecule has 0 fully saturated rings. The molecular formula is C73H77N3. The lowest BCUT2D eigenvalue weighted by Crippen LogP contribution is -2.27. The standard InChI is InChI=1S/C50H38N2.C14H18.C5H9N.2C2H6/c1-4-15-43-35(5-2)37-26-25-34(30-45(37)50(43)44-23-14-13-18-36(44)38-28-29-52-31-46(38)50)32(3)24-27-47(51)49-41-21-11-9-19-39(41)48(33-16-7-6-8-17-33)40-20-10-12-22-42(40)49;1-6-8-9-11-13(4)14(5)12(3)10-7-2;1-3-5-6-4-2;2*1-2/h4,6-31,51H,3,5H2,1-2H3;6-11H,3-5H2,1-2H3;3,5H,1,4H2,2H3;2*1-2H3/b15-4-,27-24-,51-47?;8-6-,10-7-,11-9-;;;. The molecule has 1 unspecified atom stereocenters. The summed E-state index contributed by atoms with van der Waals surface area (Å²) < 4.78 is 0. The molecule has 1 N–H and O–H groups in total. The van der Waals surface area contributed by atoms with E-state index in [1.54, 1.807) is 12.3 Å². The van der Waals surface area contributed by atoms with Gasteiger partial charge in [0, 0.05) is 30.7 Å². The summed E-state index contributed by atoms with van der Waals surface area (Å²) in [6, 6.07) is 45.4. The van der Waals surface area contributed by atoms with Crippen LogP contribution in [0.15, 0.2) is 267 Å². The smallest absolute Gasteiger partial charge is 0.0737 e. The maximum Gasteiger partial charge on any atom is 0.0737 e. The zero-order valence-corrected chi connectivity index (χ0v) is 46.6. The molecule has 0 amide bonds. The minimum atomic E-state index is -0.460. The van der Waals surface area contributed by atoms with Crippen LogP contribution in [-0.4, -0.2) is 23.5 Å². The van der Waals surface area contributed by atoms with E-state index in [-0.39, 0.29) is 0 Å². The molecule has 0 bridgehead atoms. The van der Waals surface area contributed by atoms with Crippen molar-refractivity contribution < 1.29 is 0 Å². The van der Waals surface area contributed by atoms with E-state index in [4.69, 9.17) is 0 Å². The Bertz CT molecular complexity index is 3350. The lowest BCUT2D eigenvalue weighted by Gasteiger charge is -2.31. The Morgan fingerprint density at radius 3 is 1.80 bits per heavy atom. The van der Waals surface area contributed by atoms with Crippen molar-refractivity contribution in [2.75, 3.05) is 6.54 Å². The van der Waals surface area contributed by atoms with Crippen LogP contribution in [0.2, 0.25) is 0 Å². The normalized spacial score (nSPS) is 14.0. The molecule has 1 atom stereocenters. The average molecular weight is 996 g/mol. The second-order valence-corrected chi connectivity index (χ2v) is 17.5. The monoisotopic (exact) mass is 996 g/mol. The molecule has 7 aromatic rings. The summed E-state index contributed by atoms with van der Waals surface area (Å²) in [5.41, 5.74) is 18.2. The van der Waals surface area contributed by atoms with Crippen LogP contribution < -0.4 is 0 Å². The van der Waals surface area contributed by atoms with Crippen molar-refractivity contribution in [2.24, 2.45) is 4.99 Å². The largest absolute Gasteiger partial charge is 0.300 e. The molecule has 384 valence electrons. The Balaban J connectivity index is 0.000000374. The Hall–Kier alpha value is -8.53. The van der Waals surface area contributed by atoms with E-state index in [0.717, 1.165) is 67.9 Å². The summed E-state index contributed by atoms with van der Waals surface area (Å²) >= 11 is 0. The zero-order chi connectivity index (χ0) is 55.2. The molecule has 9 rings (SSSR count). The quantitative estimate of drug-likeness (QED) is 0.0659. The van der Waals surface area contributed by atoms with Crippen LogP contribution in [0, 0.1) is 5.41 Å². The van der Waals surface area contributed by atoms with E-state index < -0.39 is 5.41 Å². The van der Waals surface area contributed by atoms with Gasteiger partial charge in [-0.15, -0.1) is 0 Å². The second kappa shape index (κ2) is 28.8. The third-order valence-corrected chi connectivity index (χ3v) is 13.2. The SMILES string of the molecule is C=C(/C=C\C(=N)c1c2ccccc2c(-c2ccccc2)c2ccccc12)c1ccc2c(c1)C1(C(/C=C\C)=C2CC)c2ccccc2-c2ccncc21.C=C(/C=C\C)C(=C)C(=C)/C=C\C=C/C.C=CC=NCC.CC.CC. The van der Waals surface area contributed by atoms with Crippen molar-refractivity contribution in [3.05, 3.63) is 295 Å². The average Bonchev–Trinajstić information content (AvgIpc) is 4.00. The van der Waals surface area contributed by atoms with E-state index >= 15 is 0 Å². The lowest BCUT2D eigenvalue weighted by molar-refractivity contribution is 0.779. The first-order chi connectivity index (χ1) is 37.1. The highest BCUT2D eigenvalue weighted by molar-refractivity contribution is 6.28. The maximum atomic E-state index is 9.52. The number of fused-ring (bicyclic) bond motifs is 9. The first-order valence-electron chi connectivity index (χ1n) is 26.7. The van der Waals surface area contributed by atoms with Crippen LogP contribution in [0.5, 0.6) is 0 Å². The van der Waals surface area contributed by atoms with Crippen LogP contribution in [0.4, 0.5) is 0 Å². The van der Waals surface area contributed by atoms with Crippen molar-refractivity contribution in [3.63, 3.8) is 0 Å². The highest BCUT2D eigenvalue weighted by atomic mass is 14.7. The fourth-order valence-electron chi connectivity index (χ4n) is 10.1. The summed E-state index contributed by atoms with van der Waals surface area (Å²) in [6.45, 7) is 38.9. The molecule has 3 nitrogen and oxygen atoms in total. The topological polar surface area (TPSA) is 49.1 Å². The molecule has 1 spiro atoms. The molecule has 0 aliphatic heterocycles. The van der Waals surface area contributed by atoms with Crippen molar-refractivity contribution in [2.45, 2.75) is 74.1 Å². The van der Waals surface area contributed by atoms with E-state index in [1.165, 1.54) is 55.7 Å². The predicted octanol–water partition coefficient (Wildman–Crippen LogP) is 20.4. The van der Waals surface area contributed by atoms with Crippen LogP contribution in [0.25, 0.3) is 54.9 Å². The number of pyridine rings is 1. The van der Waals surface area contributed by atoms with Gasteiger partial charge >= 0.3 is 0 Å². The van der Waals surface area contributed by atoms with E-state index in [2.05, 4.69) is 202 Å². The van der Waals surface area contributed by atoms with E-state index in [0.29, 0.717) is 5.71 Å². The Morgan fingerprint density at radius 1 is 0.605 bits per heavy atom. The van der Waals surface area contributed by atoms with Crippen molar-refractivity contribution in [3.8, 4) is 22.3 Å². The van der Waals surface area contributed by atoms with E-state index in [1.807, 2.05) is 103 Å². The van der Waals surface area contributed by atoms with Gasteiger partial charge in [0.1, 0.15) is 0 Å². The van der Waals surface area contributed by atoms with Gasteiger partial charge in [0.15, 0.2) is 0 Å². The highest BCUT2D eigenvalue weighted by Crippen LogP contribution is 2.62. The van der Waals surface area contributed by atoms with Crippen molar-refractivity contribution >= 4 is 44.6 Å². The molecule has 0 saturated heterocycles. The summed E-state index contributed by atoms with van der Waals surface area (Å²) in [4.78, 5) is 8.53. The van der Waals surface area contributed by atoms with Crippen molar-refractivity contribution in [1.29, 1.82) is 5.41 Å². The molecular weight excluding hydrogens is 919 g/mol. The molecule has 0 saturated carbocycles. The van der Waals surface area contributed by atoms with E-state index in [9.17, 15) is 5.41 Å². The number of aliphatic imine (C=N–C) groups is 1. The number of hydrogen-bond donors (Lipinski definition) is 1. The first-order valence-corrected chi connectivity index (χ1v) is 26.7. The molecule has 0 radical (unpaired) electrons. The van der Waals surface area contributed by atoms with Gasteiger partial charge in [0.2, 0.25) is 0 Å². The second-order valence-electron chi connectivity index (χ2n) is 17.5. The number of hydrogen-bond acceptors (Lipinski definition) is 3. The Labute approximate surface area is 455 Å². The Morgan fingerprint density at radius 2 is 1.21 bits per heavy atom. The first kappa shape index (κ1) is 58.4. The minimum absolute atomic E-state index is 0.459. The summed E-state index contributed by atoms with van der Waals surface area (Å²) in [6.07, 6.45) is 28.3. The van der Waals surface area contributed by atoms with Gasteiger partial charge in [-0.25, -0.2) is 0 Å². The summed E-state index contributed by atoms with van der Waals surface area (Å²) in [5.74, 6) is 0. The van der Waals surface area contributed by atoms with Gasteiger partial charge < -0.3 is 5.41 Å². The van der Waals surface area contributed by atoms with Crippen LogP contribution >= 0.6 is 0 Å². The number of nitrogens with one attached hydrogen (secondary N) is 1. The fraction of sp³-hybridized carbons (Fsp3) is 0.164. The van der Waals surface area contributed by atoms with Crippen molar-refractivity contribution in [1.82, 2.24) is 4.98 Å². The number of benzene rings is 6. The molecule has 2 aliphatic rings. The molecule has 1 heterocycles. The summed E-state index contributed by atoms with van der Waals surface area (Å²) in [5, 5.41) is 13.9. The maximum absolute atomic E-state index is 9.52. The highest BCUT2D eigenvalue weighted by Gasteiger charge is 2.52. The van der Waals surface area contributed by atoms with Gasteiger partial charge in [-0.2, -0.15) is 0 Å². The third-order valence-electron chi connectivity index (χ3n) is 13.2. The molecule has 76 heavy (non-hydrogen) atoms. The number of allylic oxidation sites excluding steroid dienone is 17. The predicted molar refractivity (Wildman–Crippen MR) is 338 cm³/mol. The van der Waals surface area contributed by atoms with Crippen LogP contribution in [-0.2, 0) is 5.41 Å².